The third-order valence-corrected chi connectivity index (χ3v) is 4.16. The lowest BCUT2D eigenvalue weighted by molar-refractivity contribution is -0.384. The molecule has 0 spiro atoms. The maximum absolute atomic E-state index is 13.4. The van der Waals surface area contributed by atoms with Gasteiger partial charge in [-0.15, -0.1) is 0 Å². The first kappa shape index (κ1) is 18.8. The number of carbonyl (C=O) groups excluding carboxylic acids is 1. The number of amides is 1. The molecule has 0 saturated heterocycles. The standard InChI is InChI=1S/C15H16F3N3O4/c1-3-9(2)12-8-14(23,15(16,17)18)20(19-12)13(22)10-4-6-11(7-5-10)21(24)25/h4-7,9,23H,3,8H2,1-2H3/t9-,14-/m1/s1. The van der Waals surface area contributed by atoms with Crippen LogP contribution in [-0.2, 0) is 0 Å². The van der Waals surface area contributed by atoms with Crippen LogP contribution >= 0.6 is 0 Å². The van der Waals surface area contributed by atoms with Crippen LogP contribution in [0, 0.1) is 16.0 Å². The minimum Gasteiger partial charge on any atom is -0.362 e. The largest absolute Gasteiger partial charge is 0.438 e. The Hall–Kier alpha value is -2.49. The highest BCUT2D eigenvalue weighted by molar-refractivity contribution is 5.99. The Labute approximate surface area is 140 Å². The molecule has 1 aliphatic rings. The van der Waals surface area contributed by atoms with E-state index in [9.17, 15) is 33.2 Å². The Balaban J connectivity index is 2.42. The predicted octanol–water partition coefficient (Wildman–Crippen LogP) is 3.09. The van der Waals surface area contributed by atoms with Gasteiger partial charge in [-0.25, -0.2) is 0 Å². The highest BCUT2D eigenvalue weighted by atomic mass is 19.4. The monoisotopic (exact) mass is 359 g/mol. The lowest BCUT2D eigenvalue weighted by Gasteiger charge is -2.32. The number of non-ortho nitro benzene ring substituents is 1. The van der Waals surface area contributed by atoms with Crippen LogP contribution < -0.4 is 0 Å². The van der Waals surface area contributed by atoms with Gasteiger partial charge in [-0.3, -0.25) is 14.9 Å². The molecule has 0 saturated carbocycles. The van der Waals surface area contributed by atoms with Crippen molar-refractivity contribution < 1.29 is 28.0 Å². The smallest absolute Gasteiger partial charge is 0.362 e. The van der Waals surface area contributed by atoms with Crippen molar-refractivity contribution in [2.75, 3.05) is 0 Å². The number of hydrazone groups is 1. The average Bonchev–Trinajstić information content (AvgIpc) is 2.92. The van der Waals surface area contributed by atoms with E-state index in [2.05, 4.69) is 5.10 Å². The van der Waals surface area contributed by atoms with Gasteiger partial charge in [0.2, 0.25) is 0 Å². The van der Waals surface area contributed by atoms with Crippen molar-refractivity contribution in [3.63, 3.8) is 0 Å². The van der Waals surface area contributed by atoms with E-state index >= 15 is 0 Å². The number of hydrogen-bond donors (Lipinski definition) is 1. The van der Waals surface area contributed by atoms with Crippen LogP contribution in [-0.4, -0.2) is 38.6 Å². The molecule has 136 valence electrons. The molecular formula is C15H16F3N3O4. The van der Waals surface area contributed by atoms with E-state index in [1.54, 1.807) is 13.8 Å². The zero-order valence-electron chi connectivity index (χ0n) is 13.4. The van der Waals surface area contributed by atoms with Crippen molar-refractivity contribution in [1.29, 1.82) is 0 Å². The SMILES string of the molecule is CC[C@@H](C)C1=NN(C(=O)c2ccc([N+](=O)[O-])cc2)[C@](O)(C(F)(F)F)C1. The maximum Gasteiger partial charge on any atom is 0.438 e. The molecule has 7 nitrogen and oxygen atoms in total. The van der Waals surface area contributed by atoms with Gasteiger partial charge in [-0.1, -0.05) is 13.8 Å². The van der Waals surface area contributed by atoms with Crippen LogP contribution in [0.4, 0.5) is 18.9 Å². The minimum atomic E-state index is -5.11. The first-order valence-corrected chi connectivity index (χ1v) is 7.46. The normalized spacial score (nSPS) is 21.8. The molecule has 10 heteroatoms. The molecule has 0 aromatic heterocycles. The van der Waals surface area contributed by atoms with E-state index in [0.717, 1.165) is 24.3 Å². The molecule has 1 N–H and O–H groups in total. The first-order chi connectivity index (χ1) is 11.5. The molecule has 0 aliphatic carbocycles. The van der Waals surface area contributed by atoms with E-state index in [-0.39, 0.29) is 27.9 Å². The Morgan fingerprint density at radius 2 is 2.00 bits per heavy atom. The van der Waals surface area contributed by atoms with Gasteiger partial charge < -0.3 is 5.11 Å². The van der Waals surface area contributed by atoms with Crippen LogP contribution in [0.1, 0.15) is 37.0 Å². The van der Waals surface area contributed by atoms with Gasteiger partial charge in [-0.05, 0) is 24.5 Å². The summed E-state index contributed by atoms with van der Waals surface area (Å²) in [6, 6.07) is 4.03. The van der Waals surface area contributed by atoms with Crippen LogP contribution in [0.2, 0.25) is 0 Å². The quantitative estimate of drug-likeness (QED) is 0.660. The minimum absolute atomic E-state index is 0.0235. The van der Waals surface area contributed by atoms with E-state index in [1.807, 2.05) is 0 Å². The van der Waals surface area contributed by atoms with E-state index in [0.29, 0.717) is 6.42 Å². The summed E-state index contributed by atoms with van der Waals surface area (Å²) in [4.78, 5) is 22.4. The molecule has 1 aromatic carbocycles. The van der Waals surface area contributed by atoms with Crippen LogP contribution in [0.15, 0.2) is 29.4 Å². The lowest BCUT2D eigenvalue weighted by Crippen LogP contribution is -2.56. The number of halogens is 3. The van der Waals surface area contributed by atoms with Gasteiger partial charge in [0.1, 0.15) is 0 Å². The molecule has 0 fully saturated rings. The second-order valence-corrected chi connectivity index (χ2v) is 5.81. The second kappa shape index (κ2) is 6.43. The van der Waals surface area contributed by atoms with Gasteiger partial charge in [0.25, 0.3) is 17.3 Å². The van der Waals surface area contributed by atoms with Crippen molar-refractivity contribution in [3.8, 4) is 0 Å². The fourth-order valence-electron chi connectivity index (χ4n) is 2.36. The van der Waals surface area contributed by atoms with Gasteiger partial charge in [-0.2, -0.15) is 23.3 Å². The molecule has 25 heavy (non-hydrogen) atoms. The number of nitrogens with zero attached hydrogens (tertiary/aromatic N) is 3. The molecule has 1 aromatic rings. The number of aliphatic hydroxyl groups is 1. The molecule has 1 heterocycles. The number of rotatable bonds is 4. The topological polar surface area (TPSA) is 96.0 Å². The summed E-state index contributed by atoms with van der Waals surface area (Å²) in [5, 5.41) is 24.5. The summed E-state index contributed by atoms with van der Waals surface area (Å²) in [5.74, 6) is -1.53. The molecule has 0 bridgehead atoms. The van der Waals surface area contributed by atoms with Crippen molar-refractivity contribution in [3.05, 3.63) is 39.9 Å². The van der Waals surface area contributed by atoms with Crippen molar-refractivity contribution in [1.82, 2.24) is 5.01 Å². The number of nitro benzene ring substituents is 1. The Kier molecular flexibility index (Phi) is 4.85. The third kappa shape index (κ3) is 3.34. The van der Waals surface area contributed by atoms with Crippen molar-refractivity contribution in [2.24, 2.45) is 11.0 Å². The second-order valence-electron chi connectivity index (χ2n) is 5.81. The summed E-state index contributed by atoms with van der Waals surface area (Å²) in [6.07, 6.45) is -5.45. The Bertz CT molecular complexity index is 718. The molecule has 0 radical (unpaired) electrons. The maximum atomic E-state index is 13.4. The van der Waals surface area contributed by atoms with Crippen LogP contribution in [0.3, 0.4) is 0 Å². The molecule has 1 aliphatic heterocycles. The van der Waals surface area contributed by atoms with Gasteiger partial charge in [0, 0.05) is 29.8 Å². The lowest BCUT2D eigenvalue weighted by atomic mass is 9.95. The number of nitro groups is 1. The Morgan fingerprint density at radius 3 is 2.44 bits per heavy atom. The fraction of sp³-hybridized carbons (Fsp3) is 0.467. The average molecular weight is 359 g/mol. The van der Waals surface area contributed by atoms with Crippen molar-refractivity contribution >= 4 is 17.3 Å². The Morgan fingerprint density at radius 1 is 1.44 bits per heavy atom. The molecular weight excluding hydrogens is 343 g/mol. The summed E-state index contributed by atoms with van der Waals surface area (Å²) >= 11 is 0. The van der Waals surface area contributed by atoms with Gasteiger partial charge in [0.05, 0.1) is 4.92 Å². The summed E-state index contributed by atoms with van der Waals surface area (Å²) in [6.45, 7) is 3.40. The van der Waals surface area contributed by atoms with E-state index in [1.165, 1.54) is 0 Å². The van der Waals surface area contributed by atoms with Gasteiger partial charge >= 0.3 is 6.18 Å². The number of benzene rings is 1. The molecule has 2 atom stereocenters. The summed E-state index contributed by atoms with van der Waals surface area (Å²) in [5.41, 5.74) is -3.93. The summed E-state index contributed by atoms with van der Waals surface area (Å²) in [7, 11) is 0. The highest BCUT2D eigenvalue weighted by Crippen LogP contribution is 2.42. The third-order valence-electron chi connectivity index (χ3n) is 4.16. The summed E-state index contributed by atoms with van der Waals surface area (Å²) < 4.78 is 40.1. The van der Waals surface area contributed by atoms with Crippen molar-refractivity contribution in [2.45, 2.75) is 38.6 Å². The fourth-order valence-corrected chi connectivity index (χ4v) is 2.36. The highest BCUT2D eigenvalue weighted by Gasteiger charge is 2.63. The van der Waals surface area contributed by atoms with Crippen LogP contribution in [0.25, 0.3) is 0 Å². The molecule has 0 unspecified atom stereocenters. The number of carbonyl (C=O) groups is 1. The van der Waals surface area contributed by atoms with E-state index in [4.69, 9.17) is 0 Å². The van der Waals surface area contributed by atoms with E-state index < -0.39 is 29.2 Å². The van der Waals surface area contributed by atoms with Crippen LogP contribution in [0.5, 0.6) is 0 Å². The predicted molar refractivity (Wildman–Crippen MR) is 81.8 cm³/mol. The number of hydrogen-bond acceptors (Lipinski definition) is 5. The molecule has 1 amide bonds. The molecule has 2 rings (SSSR count). The first-order valence-electron chi connectivity index (χ1n) is 7.46. The zero-order valence-corrected chi connectivity index (χ0v) is 13.4. The number of alkyl halides is 3. The zero-order chi connectivity index (χ0) is 19.0. The van der Waals surface area contributed by atoms with Gasteiger partial charge in [0.15, 0.2) is 0 Å².